The number of aliphatic hydroxyl groups is 1. The number of ketones is 1. The summed E-state index contributed by atoms with van der Waals surface area (Å²) in [6.45, 7) is 0.0707. The first-order valence-corrected chi connectivity index (χ1v) is 9.60. The zero-order valence-electron chi connectivity index (χ0n) is 16.2. The van der Waals surface area contributed by atoms with Crippen LogP contribution in [0.3, 0.4) is 0 Å². The van der Waals surface area contributed by atoms with Crippen LogP contribution >= 0.6 is 0 Å². The molecule has 0 radical (unpaired) electrons. The number of hydrogen-bond acceptors (Lipinski definition) is 6. The molecule has 0 saturated carbocycles. The van der Waals surface area contributed by atoms with Gasteiger partial charge in [0.2, 0.25) is 6.79 Å². The number of ether oxygens (including phenoxy) is 2. The molecule has 3 aromatic carbocycles. The predicted octanol–water partition coefficient (Wildman–Crippen LogP) is 3.75. The van der Waals surface area contributed by atoms with Crippen molar-refractivity contribution in [3.8, 4) is 17.2 Å². The van der Waals surface area contributed by atoms with Gasteiger partial charge < -0.3 is 19.7 Å². The summed E-state index contributed by atoms with van der Waals surface area (Å²) in [5.41, 5.74) is 1.05. The van der Waals surface area contributed by atoms with Crippen LogP contribution in [-0.4, -0.2) is 28.7 Å². The van der Waals surface area contributed by atoms with Crippen LogP contribution in [0.4, 0.5) is 5.69 Å². The molecule has 31 heavy (non-hydrogen) atoms. The smallest absolute Gasteiger partial charge is 0.300 e. The van der Waals surface area contributed by atoms with Crippen LogP contribution in [0, 0.1) is 0 Å². The Balaban J connectivity index is 1.72. The standard InChI is InChI=1S/C24H17NO6/c26-17-9-5-4-8-16(17)25-21(14-6-2-1-3-7-14)20(23(28)24(25)29)22(27)15-10-11-18-19(12-15)31-13-30-18/h1-12,21,26-27H,13H2/b22-20-. The first kappa shape index (κ1) is 18.7. The fourth-order valence-corrected chi connectivity index (χ4v) is 3.90. The van der Waals surface area contributed by atoms with Gasteiger partial charge in [0.15, 0.2) is 11.5 Å². The number of hydrogen-bond donors (Lipinski definition) is 2. The molecule has 2 aliphatic rings. The van der Waals surface area contributed by atoms with Crippen LogP contribution in [0.2, 0.25) is 0 Å². The largest absolute Gasteiger partial charge is 0.507 e. The van der Waals surface area contributed by atoms with Crippen molar-refractivity contribution in [2.24, 2.45) is 0 Å². The second-order valence-corrected chi connectivity index (χ2v) is 7.14. The minimum absolute atomic E-state index is 0.0707. The third-order valence-electron chi connectivity index (χ3n) is 5.35. The van der Waals surface area contributed by atoms with Crippen molar-refractivity contribution < 1.29 is 29.3 Å². The minimum atomic E-state index is -0.917. The van der Waals surface area contributed by atoms with Gasteiger partial charge in [-0.3, -0.25) is 14.5 Å². The van der Waals surface area contributed by atoms with E-state index in [2.05, 4.69) is 0 Å². The third-order valence-corrected chi connectivity index (χ3v) is 5.35. The van der Waals surface area contributed by atoms with Crippen LogP contribution in [0.1, 0.15) is 17.2 Å². The molecule has 2 heterocycles. The lowest BCUT2D eigenvalue weighted by molar-refractivity contribution is -0.132. The molecule has 2 aliphatic heterocycles. The zero-order valence-corrected chi connectivity index (χ0v) is 16.2. The molecule has 0 aliphatic carbocycles. The van der Waals surface area contributed by atoms with Crippen molar-refractivity contribution in [1.29, 1.82) is 0 Å². The molecule has 0 bridgehead atoms. The topological polar surface area (TPSA) is 96.3 Å². The van der Waals surface area contributed by atoms with Gasteiger partial charge in [-0.2, -0.15) is 0 Å². The average Bonchev–Trinajstić information content (AvgIpc) is 3.36. The van der Waals surface area contributed by atoms with Crippen molar-refractivity contribution in [2.45, 2.75) is 6.04 Å². The number of phenolic OH excluding ortho intramolecular Hbond substituents is 1. The Morgan fingerprint density at radius 1 is 0.903 bits per heavy atom. The van der Waals surface area contributed by atoms with Gasteiger partial charge in [0.25, 0.3) is 11.7 Å². The molecule has 5 rings (SSSR count). The Morgan fingerprint density at radius 2 is 1.61 bits per heavy atom. The van der Waals surface area contributed by atoms with Gasteiger partial charge in [0, 0.05) is 5.56 Å². The van der Waals surface area contributed by atoms with Gasteiger partial charge in [-0.25, -0.2) is 0 Å². The van der Waals surface area contributed by atoms with Gasteiger partial charge in [-0.1, -0.05) is 42.5 Å². The number of benzene rings is 3. The number of anilines is 1. The zero-order chi connectivity index (χ0) is 21.5. The molecule has 0 aromatic heterocycles. The number of carbonyl (C=O) groups excluding carboxylic acids is 2. The Labute approximate surface area is 177 Å². The number of aromatic hydroxyl groups is 1. The maximum Gasteiger partial charge on any atom is 0.300 e. The first-order chi connectivity index (χ1) is 15.1. The van der Waals surface area contributed by atoms with Crippen LogP contribution in [-0.2, 0) is 9.59 Å². The lowest BCUT2D eigenvalue weighted by atomic mass is 9.95. The number of amides is 1. The molecule has 1 unspecified atom stereocenters. The Hall–Kier alpha value is -4.26. The lowest BCUT2D eigenvalue weighted by Gasteiger charge is -2.26. The molecule has 1 amide bonds. The molecular weight excluding hydrogens is 398 g/mol. The first-order valence-electron chi connectivity index (χ1n) is 9.60. The Kier molecular flexibility index (Phi) is 4.36. The SMILES string of the molecule is O=C1C(=O)N(c2ccccc2O)C(c2ccccc2)/C1=C(/O)c1ccc2c(c1)OCO2. The van der Waals surface area contributed by atoms with E-state index < -0.39 is 17.7 Å². The van der Waals surface area contributed by atoms with Crippen molar-refractivity contribution in [3.05, 3.63) is 89.5 Å². The van der Waals surface area contributed by atoms with Crippen LogP contribution in [0.15, 0.2) is 78.4 Å². The number of phenols is 1. The highest BCUT2D eigenvalue weighted by Gasteiger charge is 2.47. The monoisotopic (exact) mass is 415 g/mol. The maximum atomic E-state index is 13.1. The van der Waals surface area contributed by atoms with E-state index in [4.69, 9.17) is 9.47 Å². The molecule has 0 spiro atoms. The van der Waals surface area contributed by atoms with E-state index in [0.717, 1.165) is 0 Å². The van der Waals surface area contributed by atoms with Crippen molar-refractivity contribution in [3.63, 3.8) is 0 Å². The molecule has 7 heteroatoms. The van der Waals surface area contributed by atoms with E-state index in [1.807, 2.05) is 6.07 Å². The summed E-state index contributed by atoms with van der Waals surface area (Å²) in [5, 5.41) is 21.5. The number of carbonyl (C=O) groups is 2. The van der Waals surface area contributed by atoms with E-state index in [1.54, 1.807) is 60.7 Å². The fraction of sp³-hybridized carbons (Fsp3) is 0.0833. The molecule has 3 aromatic rings. The quantitative estimate of drug-likeness (QED) is 0.384. The van der Waals surface area contributed by atoms with Crippen LogP contribution in [0.25, 0.3) is 5.76 Å². The van der Waals surface area contributed by atoms with E-state index in [0.29, 0.717) is 22.6 Å². The van der Waals surface area contributed by atoms with Crippen LogP contribution in [0.5, 0.6) is 17.2 Å². The summed E-state index contributed by atoms with van der Waals surface area (Å²) in [5.74, 6) is -1.18. The number of rotatable bonds is 3. The predicted molar refractivity (Wildman–Crippen MR) is 112 cm³/mol. The molecule has 1 saturated heterocycles. The lowest BCUT2D eigenvalue weighted by Crippen LogP contribution is -2.29. The van der Waals surface area contributed by atoms with Gasteiger partial charge in [-0.05, 0) is 35.9 Å². The van der Waals surface area contributed by atoms with Crippen molar-refractivity contribution >= 4 is 23.1 Å². The number of fused-ring (bicyclic) bond motifs is 1. The molecule has 1 fully saturated rings. The van der Waals surface area contributed by atoms with Crippen molar-refractivity contribution in [2.75, 3.05) is 11.7 Å². The highest BCUT2D eigenvalue weighted by atomic mass is 16.7. The summed E-state index contributed by atoms with van der Waals surface area (Å²) >= 11 is 0. The maximum absolute atomic E-state index is 13.1. The van der Waals surface area contributed by atoms with Gasteiger partial charge in [0.05, 0.1) is 17.3 Å². The molecule has 7 nitrogen and oxygen atoms in total. The summed E-state index contributed by atoms with van der Waals surface area (Å²) in [4.78, 5) is 27.4. The average molecular weight is 415 g/mol. The summed E-state index contributed by atoms with van der Waals surface area (Å²) in [6, 6.07) is 19.0. The molecule has 2 N–H and O–H groups in total. The summed E-state index contributed by atoms with van der Waals surface area (Å²) in [7, 11) is 0. The van der Waals surface area contributed by atoms with E-state index in [-0.39, 0.29) is 29.6 Å². The number of Topliss-reactive ketones (excluding diaryl/α,β-unsaturated/α-hetero) is 1. The van der Waals surface area contributed by atoms with E-state index in [1.165, 1.54) is 11.0 Å². The van der Waals surface area contributed by atoms with Crippen LogP contribution < -0.4 is 14.4 Å². The molecular formula is C24H17NO6. The molecule has 1 atom stereocenters. The number of aliphatic hydroxyl groups excluding tert-OH is 1. The highest BCUT2D eigenvalue weighted by molar-refractivity contribution is 6.51. The second kappa shape index (κ2) is 7.21. The highest BCUT2D eigenvalue weighted by Crippen LogP contribution is 2.45. The third kappa shape index (κ3) is 2.98. The van der Waals surface area contributed by atoms with Gasteiger partial charge in [0.1, 0.15) is 11.5 Å². The van der Waals surface area contributed by atoms with E-state index >= 15 is 0 Å². The number of nitrogens with zero attached hydrogens (tertiary/aromatic N) is 1. The summed E-state index contributed by atoms with van der Waals surface area (Å²) < 4.78 is 10.7. The Bertz CT molecular complexity index is 1230. The second-order valence-electron chi connectivity index (χ2n) is 7.14. The van der Waals surface area contributed by atoms with Gasteiger partial charge in [-0.15, -0.1) is 0 Å². The fourth-order valence-electron chi connectivity index (χ4n) is 3.90. The van der Waals surface area contributed by atoms with Gasteiger partial charge >= 0.3 is 0 Å². The van der Waals surface area contributed by atoms with Crippen molar-refractivity contribution in [1.82, 2.24) is 0 Å². The normalized spacial score (nSPS) is 19.1. The Morgan fingerprint density at radius 3 is 2.39 bits per heavy atom. The molecule has 154 valence electrons. The number of para-hydroxylation sites is 2. The summed E-state index contributed by atoms with van der Waals surface area (Å²) in [6.07, 6.45) is 0. The minimum Gasteiger partial charge on any atom is -0.507 e. The van der Waals surface area contributed by atoms with E-state index in [9.17, 15) is 19.8 Å².